The minimum Gasteiger partial charge on any atom is -0.474 e. The molecular formula is C12H20N2O6. The third-order valence-corrected chi connectivity index (χ3v) is 2.54. The second-order valence-corrected chi connectivity index (χ2v) is 4.22. The summed E-state index contributed by atoms with van der Waals surface area (Å²) in [6.45, 7) is 5.22. The fourth-order valence-electron chi connectivity index (χ4n) is 1.54. The number of esters is 1. The summed E-state index contributed by atoms with van der Waals surface area (Å²) >= 11 is 0. The molecule has 0 radical (unpaired) electrons. The monoisotopic (exact) mass is 288 g/mol. The topological polar surface area (TPSA) is 122 Å². The van der Waals surface area contributed by atoms with Crippen molar-refractivity contribution in [1.82, 2.24) is 10.6 Å². The van der Waals surface area contributed by atoms with E-state index in [1.807, 2.05) is 6.92 Å². The molecule has 0 heterocycles. The third kappa shape index (κ3) is 6.17. The van der Waals surface area contributed by atoms with Crippen molar-refractivity contribution in [2.45, 2.75) is 39.8 Å². The Hall–Kier alpha value is -2.12. The molecule has 3 N–H and O–H groups in total. The van der Waals surface area contributed by atoms with E-state index in [1.54, 1.807) is 13.8 Å². The van der Waals surface area contributed by atoms with Gasteiger partial charge in [-0.15, -0.1) is 0 Å². The number of nitrogens with one attached hydrogen (secondary N) is 2. The maximum absolute atomic E-state index is 11.5. The fourth-order valence-corrected chi connectivity index (χ4v) is 1.54. The highest BCUT2D eigenvalue weighted by Crippen LogP contribution is 2.09. The number of rotatable bonds is 6. The van der Waals surface area contributed by atoms with E-state index in [0.29, 0.717) is 6.42 Å². The fraction of sp³-hybridized carbons (Fsp3) is 0.667. The molecule has 0 aliphatic carbocycles. The van der Waals surface area contributed by atoms with E-state index in [2.05, 4.69) is 15.4 Å². The molecule has 8 heteroatoms. The zero-order valence-electron chi connectivity index (χ0n) is 11.8. The van der Waals surface area contributed by atoms with E-state index in [9.17, 15) is 19.2 Å². The number of carboxylic acid groups (broad SMARTS) is 1. The maximum atomic E-state index is 11.5. The van der Waals surface area contributed by atoms with Gasteiger partial charge in [0.15, 0.2) is 0 Å². The lowest BCUT2D eigenvalue weighted by atomic mass is 10.0. The Labute approximate surface area is 116 Å². The molecule has 0 rings (SSSR count). The van der Waals surface area contributed by atoms with Crippen molar-refractivity contribution in [3.05, 3.63) is 0 Å². The normalized spacial score (nSPS) is 12.9. The molecule has 0 aromatic rings. The Morgan fingerprint density at radius 3 is 2.10 bits per heavy atom. The summed E-state index contributed by atoms with van der Waals surface area (Å²) in [6, 6.07) is 0. The molecule has 0 aliphatic rings. The standard InChI is InChI=1S/C12H20N2O6/c1-4-6-7(3)8(13-9(15)11(17)18)14-10(16)12(19)20-5-2/h7-8H,4-6H2,1-3H3,(H,13,15)(H,14,16)(H,17,18). The second-order valence-electron chi connectivity index (χ2n) is 4.22. The number of carbonyl (C=O) groups excluding carboxylic acids is 3. The zero-order chi connectivity index (χ0) is 15.7. The molecule has 0 aromatic heterocycles. The summed E-state index contributed by atoms with van der Waals surface area (Å²) in [5, 5.41) is 13.0. The van der Waals surface area contributed by atoms with Gasteiger partial charge < -0.3 is 20.5 Å². The van der Waals surface area contributed by atoms with Gasteiger partial charge in [0.2, 0.25) is 0 Å². The molecule has 0 fully saturated rings. The van der Waals surface area contributed by atoms with Gasteiger partial charge in [0.25, 0.3) is 0 Å². The highest BCUT2D eigenvalue weighted by atomic mass is 16.5. The summed E-state index contributed by atoms with van der Waals surface area (Å²) in [7, 11) is 0. The largest absolute Gasteiger partial charge is 0.474 e. The Balaban J connectivity index is 4.76. The lowest BCUT2D eigenvalue weighted by Gasteiger charge is -2.24. The number of hydrogen-bond acceptors (Lipinski definition) is 5. The molecule has 114 valence electrons. The molecule has 20 heavy (non-hydrogen) atoms. The van der Waals surface area contributed by atoms with Gasteiger partial charge in [-0.1, -0.05) is 20.3 Å². The Morgan fingerprint density at radius 1 is 1.10 bits per heavy atom. The van der Waals surface area contributed by atoms with Crippen molar-refractivity contribution >= 4 is 23.8 Å². The van der Waals surface area contributed by atoms with Crippen LogP contribution in [0.4, 0.5) is 0 Å². The predicted molar refractivity (Wildman–Crippen MR) is 68.4 cm³/mol. The first kappa shape index (κ1) is 17.9. The molecule has 0 saturated carbocycles. The van der Waals surface area contributed by atoms with E-state index in [4.69, 9.17) is 5.11 Å². The van der Waals surface area contributed by atoms with E-state index in [0.717, 1.165) is 6.42 Å². The number of ether oxygens (including phenoxy) is 1. The minimum absolute atomic E-state index is 0.0446. The lowest BCUT2D eigenvalue weighted by molar-refractivity contribution is -0.155. The van der Waals surface area contributed by atoms with Gasteiger partial charge >= 0.3 is 23.8 Å². The van der Waals surface area contributed by atoms with Crippen molar-refractivity contribution in [2.75, 3.05) is 6.61 Å². The second kappa shape index (κ2) is 8.89. The van der Waals surface area contributed by atoms with Gasteiger partial charge in [-0.25, -0.2) is 9.59 Å². The smallest absolute Gasteiger partial charge is 0.396 e. The van der Waals surface area contributed by atoms with Gasteiger partial charge in [0.05, 0.1) is 6.61 Å². The van der Waals surface area contributed by atoms with Gasteiger partial charge in [-0.05, 0) is 19.3 Å². The highest BCUT2D eigenvalue weighted by Gasteiger charge is 2.26. The van der Waals surface area contributed by atoms with Crippen molar-refractivity contribution < 1.29 is 29.0 Å². The highest BCUT2D eigenvalue weighted by molar-refractivity contribution is 6.33. The zero-order valence-corrected chi connectivity index (χ0v) is 11.8. The van der Waals surface area contributed by atoms with Crippen LogP contribution < -0.4 is 10.6 Å². The van der Waals surface area contributed by atoms with Crippen LogP contribution in [-0.2, 0) is 23.9 Å². The molecule has 2 amide bonds. The molecule has 8 nitrogen and oxygen atoms in total. The summed E-state index contributed by atoms with van der Waals surface area (Å²) in [6.07, 6.45) is 0.458. The first-order valence-electron chi connectivity index (χ1n) is 6.34. The van der Waals surface area contributed by atoms with Gasteiger partial charge in [-0.2, -0.15) is 0 Å². The van der Waals surface area contributed by atoms with Crippen molar-refractivity contribution in [3.8, 4) is 0 Å². The lowest BCUT2D eigenvalue weighted by Crippen LogP contribution is -2.54. The van der Waals surface area contributed by atoms with Crippen molar-refractivity contribution in [3.63, 3.8) is 0 Å². The molecule has 0 bridgehead atoms. The van der Waals surface area contributed by atoms with Crippen molar-refractivity contribution in [2.24, 2.45) is 5.92 Å². The van der Waals surface area contributed by atoms with E-state index in [1.165, 1.54) is 0 Å². The third-order valence-electron chi connectivity index (χ3n) is 2.54. The summed E-state index contributed by atoms with van der Waals surface area (Å²) in [4.78, 5) is 44.4. The van der Waals surface area contributed by atoms with Gasteiger partial charge in [0.1, 0.15) is 6.17 Å². The molecule has 0 saturated heterocycles. The average molecular weight is 288 g/mol. The molecule has 2 atom stereocenters. The van der Waals surface area contributed by atoms with Crippen LogP contribution in [0.15, 0.2) is 0 Å². The van der Waals surface area contributed by atoms with E-state index < -0.39 is 29.9 Å². The molecule has 2 unspecified atom stereocenters. The Morgan fingerprint density at radius 2 is 1.65 bits per heavy atom. The predicted octanol–water partition coefficient (Wildman–Crippen LogP) is -0.371. The molecule has 0 aliphatic heterocycles. The number of hydrogen-bond donors (Lipinski definition) is 3. The van der Waals surface area contributed by atoms with Gasteiger partial charge in [-0.3, -0.25) is 9.59 Å². The van der Waals surface area contributed by atoms with Crippen LogP contribution in [-0.4, -0.2) is 41.6 Å². The summed E-state index contributed by atoms with van der Waals surface area (Å²) in [5.41, 5.74) is 0. The molecule has 0 spiro atoms. The number of aliphatic carboxylic acids is 1. The van der Waals surface area contributed by atoms with Crippen LogP contribution in [0.1, 0.15) is 33.6 Å². The quantitative estimate of drug-likeness (QED) is 0.348. The maximum Gasteiger partial charge on any atom is 0.396 e. The average Bonchev–Trinajstić information content (AvgIpc) is 2.37. The molecule has 0 aromatic carbocycles. The number of carboxylic acids is 1. The van der Waals surface area contributed by atoms with Crippen LogP contribution >= 0.6 is 0 Å². The van der Waals surface area contributed by atoms with E-state index >= 15 is 0 Å². The van der Waals surface area contributed by atoms with Gasteiger partial charge in [0, 0.05) is 0 Å². The Bertz CT molecular complexity index is 382. The van der Waals surface area contributed by atoms with Crippen molar-refractivity contribution in [1.29, 1.82) is 0 Å². The SMILES string of the molecule is CCCC(C)C(NC(=O)C(=O)O)NC(=O)C(=O)OCC. The summed E-state index contributed by atoms with van der Waals surface area (Å²) < 4.78 is 4.52. The van der Waals surface area contributed by atoms with Crippen LogP contribution in [0.25, 0.3) is 0 Å². The molecular weight excluding hydrogens is 268 g/mol. The van der Waals surface area contributed by atoms with Crippen LogP contribution in [0.3, 0.4) is 0 Å². The van der Waals surface area contributed by atoms with Crippen LogP contribution in [0, 0.1) is 5.92 Å². The first-order chi connectivity index (χ1) is 9.33. The Kier molecular flexibility index (Phi) is 7.95. The van der Waals surface area contributed by atoms with Crippen LogP contribution in [0.2, 0.25) is 0 Å². The van der Waals surface area contributed by atoms with Crippen LogP contribution in [0.5, 0.6) is 0 Å². The first-order valence-corrected chi connectivity index (χ1v) is 6.34. The number of carbonyl (C=O) groups is 4. The van der Waals surface area contributed by atoms with E-state index in [-0.39, 0.29) is 12.5 Å². The number of amides is 2. The summed E-state index contributed by atoms with van der Waals surface area (Å²) in [5.74, 6) is -5.25. The minimum atomic E-state index is -1.66.